The number of hydrogen-bond acceptors (Lipinski definition) is 7. The molecule has 0 aromatic rings. The van der Waals surface area contributed by atoms with Crippen LogP contribution in [0, 0.1) is 0 Å². The maximum Gasteiger partial charge on any atom is 0.221 e. The summed E-state index contributed by atoms with van der Waals surface area (Å²) in [6, 6.07) is 0. The van der Waals surface area contributed by atoms with E-state index in [1.165, 1.54) is 0 Å². The molecule has 0 atom stereocenters. The summed E-state index contributed by atoms with van der Waals surface area (Å²) in [5.41, 5.74) is 5.26. The van der Waals surface area contributed by atoms with Crippen LogP contribution in [0.15, 0.2) is 12.7 Å². The first kappa shape index (κ1) is 23.0. The van der Waals surface area contributed by atoms with Crippen LogP contribution in [0.2, 0.25) is 0 Å². The van der Waals surface area contributed by atoms with E-state index in [1.807, 2.05) is 0 Å². The third-order valence-electron chi connectivity index (χ3n) is 2.66. The molecule has 0 radical (unpaired) electrons. The van der Waals surface area contributed by atoms with Gasteiger partial charge in [0, 0.05) is 19.5 Å². The van der Waals surface area contributed by atoms with Crippen molar-refractivity contribution in [2.45, 2.75) is 6.42 Å². The van der Waals surface area contributed by atoms with Crippen molar-refractivity contribution in [3.8, 4) is 0 Å². The Hall–Kier alpha value is -1.03. The molecule has 0 bridgehead atoms. The Kier molecular flexibility index (Phi) is 19.2. The number of amides is 1. The molecule has 0 fully saturated rings. The van der Waals surface area contributed by atoms with E-state index in [0.29, 0.717) is 85.6 Å². The van der Waals surface area contributed by atoms with Crippen molar-refractivity contribution in [1.82, 2.24) is 5.32 Å². The van der Waals surface area contributed by atoms with E-state index in [4.69, 9.17) is 29.4 Å². The molecule has 3 N–H and O–H groups in total. The Balaban J connectivity index is 3.02. The minimum absolute atomic E-state index is 0.0530. The zero-order chi connectivity index (χ0) is 17.7. The lowest BCUT2D eigenvalue weighted by Crippen LogP contribution is -2.29. The molecule has 0 aromatic carbocycles. The Morgan fingerprint density at radius 3 is 1.75 bits per heavy atom. The number of carbonyl (C=O) groups excluding carboxylic acids is 1. The minimum atomic E-state index is -0.0530. The molecular weight excluding hydrogens is 316 g/mol. The van der Waals surface area contributed by atoms with Crippen molar-refractivity contribution >= 4 is 5.91 Å². The van der Waals surface area contributed by atoms with Gasteiger partial charge in [-0.05, 0) is 0 Å². The Bertz CT molecular complexity index is 292. The van der Waals surface area contributed by atoms with Gasteiger partial charge < -0.3 is 34.7 Å². The standard InChI is InChI=1S/C16H32N2O6/c1-2-6-20-8-10-22-12-14-24-15-13-23-11-9-21-7-5-18-16(19)3-4-17/h2H,1,3-15,17H2,(H,18,19). The Morgan fingerprint density at radius 2 is 1.29 bits per heavy atom. The maximum atomic E-state index is 11.1. The molecule has 0 rings (SSSR count). The van der Waals surface area contributed by atoms with Crippen LogP contribution in [0.1, 0.15) is 6.42 Å². The molecule has 0 spiro atoms. The lowest BCUT2D eigenvalue weighted by molar-refractivity contribution is -0.121. The third kappa shape index (κ3) is 19.0. The van der Waals surface area contributed by atoms with Gasteiger partial charge >= 0.3 is 0 Å². The number of nitrogens with one attached hydrogen (secondary N) is 1. The van der Waals surface area contributed by atoms with Gasteiger partial charge in [0.2, 0.25) is 5.91 Å². The molecule has 0 aromatic heterocycles. The molecule has 8 nitrogen and oxygen atoms in total. The third-order valence-corrected chi connectivity index (χ3v) is 2.66. The SMILES string of the molecule is C=CCOCCOCCOCCOCCOCCNC(=O)CCN. The number of rotatable bonds is 19. The second kappa shape index (κ2) is 20.0. The van der Waals surface area contributed by atoms with Gasteiger partial charge in [-0.3, -0.25) is 4.79 Å². The van der Waals surface area contributed by atoms with Crippen LogP contribution in [0.3, 0.4) is 0 Å². The van der Waals surface area contributed by atoms with Crippen LogP contribution >= 0.6 is 0 Å². The van der Waals surface area contributed by atoms with E-state index in [1.54, 1.807) is 6.08 Å². The lowest BCUT2D eigenvalue weighted by atomic mass is 10.4. The monoisotopic (exact) mass is 348 g/mol. The van der Waals surface area contributed by atoms with E-state index in [0.717, 1.165) is 0 Å². The smallest absolute Gasteiger partial charge is 0.221 e. The van der Waals surface area contributed by atoms with Crippen LogP contribution < -0.4 is 11.1 Å². The summed E-state index contributed by atoms with van der Waals surface area (Å²) in [6.45, 7) is 9.61. The van der Waals surface area contributed by atoms with E-state index in [9.17, 15) is 4.79 Å². The van der Waals surface area contributed by atoms with Gasteiger partial charge in [0.15, 0.2) is 0 Å². The van der Waals surface area contributed by atoms with Gasteiger partial charge in [-0.15, -0.1) is 6.58 Å². The van der Waals surface area contributed by atoms with Gasteiger partial charge in [0.05, 0.1) is 66.1 Å². The second-order valence-electron chi connectivity index (χ2n) is 4.70. The molecule has 0 saturated carbocycles. The van der Waals surface area contributed by atoms with Crippen LogP contribution in [-0.4, -0.2) is 85.1 Å². The molecule has 0 unspecified atom stereocenters. The van der Waals surface area contributed by atoms with E-state index >= 15 is 0 Å². The van der Waals surface area contributed by atoms with Crippen LogP contribution in [0.25, 0.3) is 0 Å². The summed E-state index contributed by atoms with van der Waals surface area (Å²) in [6.07, 6.45) is 2.05. The van der Waals surface area contributed by atoms with Gasteiger partial charge in [0.1, 0.15) is 0 Å². The van der Waals surface area contributed by atoms with Crippen molar-refractivity contribution in [3.63, 3.8) is 0 Å². The largest absolute Gasteiger partial charge is 0.377 e. The topological polar surface area (TPSA) is 101 Å². The normalized spacial score (nSPS) is 10.7. The molecule has 1 amide bonds. The second-order valence-corrected chi connectivity index (χ2v) is 4.70. The zero-order valence-electron chi connectivity index (χ0n) is 14.5. The summed E-state index contributed by atoms with van der Waals surface area (Å²) >= 11 is 0. The molecule has 0 aliphatic carbocycles. The summed E-state index contributed by atoms with van der Waals surface area (Å²) < 4.78 is 26.5. The summed E-state index contributed by atoms with van der Waals surface area (Å²) in [5.74, 6) is -0.0530. The quantitative estimate of drug-likeness (QED) is 0.244. The molecule has 0 aliphatic rings. The first-order chi connectivity index (χ1) is 11.8. The summed E-state index contributed by atoms with van der Waals surface area (Å²) in [4.78, 5) is 11.1. The molecule has 0 heterocycles. The number of nitrogens with two attached hydrogens (primary N) is 1. The fourth-order valence-electron chi connectivity index (χ4n) is 1.53. The van der Waals surface area contributed by atoms with E-state index < -0.39 is 0 Å². The average molecular weight is 348 g/mol. The summed E-state index contributed by atoms with van der Waals surface area (Å²) in [5, 5.41) is 2.70. The molecule has 24 heavy (non-hydrogen) atoms. The van der Waals surface area contributed by atoms with Crippen LogP contribution in [-0.2, 0) is 28.5 Å². The molecular formula is C16H32N2O6. The van der Waals surface area contributed by atoms with Gasteiger partial charge in [-0.1, -0.05) is 6.08 Å². The Morgan fingerprint density at radius 1 is 0.833 bits per heavy atom. The predicted octanol–water partition coefficient (Wildman–Crippen LogP) is -0.280. The highest BCUT2D eigenvalue weighted by molar-refractivity contribution is 5.75. The molecule has 0 aliphatic heterocycles. The van der Waals surface area contributed by atoms with Gasteiger partial charge in [0.25, 0.3) is 0 Å². The van der Waals surface area contributed by atoms with Crippen molar-refractivity contribution in [3.05, 3.63) is 12.7 Å². The fourth-order valence-corrected chi connectivity index (χ4v) is 1.53. The first-order valence-electron chi connectivity index (χ1n) is 8.27. The van der Waals surface area contributed by atoms with E-state index in [-0.39, 0.29) is 5.91 Å². The fraction of sp³-hybridized carbons (Fsp3) is 0.812. The van der Waals surface area contributed by atoms with Crippen molar-refractivity contribution in [1.29, 1.82) is 0 Å². The lowest BCUT2D eigenvalue weighted by Gasteiger charge is -2.08. The maximum absolute atomic E-state index is 11.1. The molecule has 142 valence electrons. The van der Waals surface area contributed by atoms with Gasteiger partial charge in [-0.25, -0.2) is 0 Å². The number of ether oxygens (including phenoxy) is 5. The van der Waals surface area contributed by atoms with Crippen LogP contribution in [0.5, 0.6) is 0 Å². The van der Waals surface area contributed by atoms with Crippen molar-refractivity contribution in [2.24, 2.45) is 5.73 Å². The number of hydrogen-bond donors (Lipinski definition) is 2. The van der Waals surface area contributed by atoms with Gasteiger partial charge in [-0.2, -0.15) is 0 Å². The minimum Gasteiger partial charge on any atom is -0.377 e. The first-order valence-corrected chi connectivity index (χ1v) is 8.27. The average Bonchev–Trinajstić information content (AvgIpc) is 2.58. The highest BCUT2D eigenvalue weighted by Crippen LogP contribution is 1.84. The Labute approximate surface area is 144 Å². The zero-order valence-corrected chi connectivity index (χ0v) is 14.5. The highest BCUT2D eigenvalue weighted by Gasteiger charge is 1.97. The molecule has 8 heteroatoms. The molecule has 0 saturated heterocycles. The van der Waals surface area contributed by atoms with Crippen molar-refractivity contribution < 1.29 is 28.5 Å². The predicted molar refractivity (Wildman–Crippen MR) is 91.0 cm³/mol. The highest BCUT2D eigenvalue weighted by atomic mass is 16.6. The number of carbonyl (C=O) groups is 1. The van der Waals surface area contributed by atoms with Crippen LogP contribution in [0.4, 0.5) is 0 Å². The van der Waals surface area contributed by atoms with Crippen molar-refractivity contribution in [2.75, 3.05) is 79.2 Å². The van der Waals surface area contributed by atoms with E-state index in [2.05, 4.69) is 11.9 Å². The summed E-state index contributed by atoms with van der Waals surface area (Å²) in [7, 11) is 0.